The predicted molar refractivity (Wildman–Crippen MR) is 134 cm³/mol. The van der Waals surface area contributed by atoms with E-state index >= 15 is 0 Å². The van der Waals surface area contributed by atoms with Gasteiger partial charge in [0.15, 0.2) is 0 Å². The van der Waals surface area contributed by atoms with Gasteiger partial charge in [0.1, 0.15) is 23.8 Å². The van der Waals surface area contributed by atoms with Gasteiger partial charge in [-0.25, -0.2) is 4.98 Å². The number of aromatic nitrogens is 2. The van der Waals surface area contributed by atoms with Gasteiger partial charge in [0.2, 0.25) is 11.8 Å². The van der Waals surface area contributed by atoms with Crippen LogP contribution in [0.2, 0.25) is 0 Å². The van der Waals surface area contributed by atoms with Crippen molar-refractivity contribution in [1.82, 2.24) is 14.3 Å². The number of hydrogen-bond donors (Lipinski definition) is 1. The van der Waals surface area contributed by atoms with E-state index in [2.05, 4.69) is 10.3 Å². The minimum atomic E-state index is -0.297. The summed E-state index contributed by atoms with van der Waals surface area (Å²) >= 11 is 0. The van der Waals surface area contributed by atoms with Crippen molar-refractivity contribution in [3.05, 3.63) is 96.5 Å². The van der Waals surface area contributed by atoms with Crippen molar-refractivity contribution in [2.45, 2.75) is 6.61 Å². The fourth-order valence-electron chi connectivity index (χ4n) is 3.38. The van der Waals surface area contributed by atoms with Gasteiger partial charge in [0, 0.05) is 37.3 Å². The fourth-order valence-corrected chi connectivity index (χ4v) is 3.38. The molecule has 0 aliphatic heterocycles. The molecule has 8 heteroatoms. The van der Waals surface area contributed by atoms with Crippen molar-refractivity contribution < 1.29 is 19.1 Å². The Hall–Kier alpha value is -4.59. The first-order chi connectivity index (χ1) is 17.0. The lowest BCUT2D eigenvalue weighted by atomic mass is 10.2. The number of imidazole rings is 1. The lowest BCUT2D eigenvalue weighted by molar-refractivity contribution is -0.129. The standard InChI is InChI=1S/C27H26N4O4/c1-30(18-26(32)29-21-6-5-7-24(16-21)34-2)27(33)14-11-20-9-12-23(13-10-20)35-19-22-17-31-15-4-3-8-25(31)28-22/h3-17H,18-19H2,1-2H3,(H,29,32). The van der Waals surface area contributed by atoms with Crippen molar-refractivity contribution in [3.63, 3.8) is 0 Å². The molecule has 0 bridgehead atoms. The number of nitrogens with zero attached hydrogens (tertiary/aromatic N) is 3. The molecular weight excluding hydrogens is 444 g/mol. The summed E-state index contributed by atoms with van der Waals surface area (Å²) in [4.78, 5) is 30.5. The molecule has 0 radical (unpaired) electrons. The Balaban J connectivity index is 1.25. The van der Waals surface area contributed by atoms with E-state index in [1.807, 2.05) is 59.3 Å². The largest absolute Gasteiger partial charge is 0.497 e. The smallest absolute Gasteiger partial charge is 0.246 e. The zero-order valence-electron chi connectivity index (χ0n) is 19.5. The van der Waals surface area contributed by atoms with E-state index in [0.717, 1.165) is 16.9 Å². The molecule has 0 aliphatic rings. The SMILES string of the molecule is COc1cccc(NC(=O)CN(C)C(=O)C=Cc2ccc(OCc3cn4ccccc4n3)cc2)c1. The molecule has 1 N–H and O–H groups in total. The number of ether oxygens (including phenoxy) is 2. The first-order valence-corrected chi connectivity index (χ1v) is 11.0. The van der Waals surface area contributed by atoms with Crippen LogP contribution in [0.1, 0.15) is 11.3 Å². The minimum absolute atomic E-state index is 0.0732. The Morgan fingerprint density at radius 3 is 2.66 bits per heavy atom. The van der Waals surface area contributed by atoms with Crippen molar-refractivity contribution in [2.75, 3.05) is 26.0 Å². The molecule has 2 heterocycles. The number of methoxy groups -OCH3 is 1. The van der Waals surface area contributed by atoms with Crippen LogP contribution in [0, 0.1) is 0 Å². The third-order valence-corrected chi connectivity index (χ3v) is 5.21. The monoisotopic (exact) mass is 470 g/mol. The van der Waals surface area contributed by atoms with E-state index in [-0.39, 0.29) is 18.4 Å². The van der Waals surface area contributed by atoms with Gasteiger partial charge < -0.3 is 24.1 Å². The molecule has 0 spiro atoms. The molecule has 178 valence electrons. The number of hydrogen-bond acceptors (Lipinski definition) is 5. The number of likely N-dealkylation sites (N-methyl/N-ethyl adjacent to an activating group) is 1. The molecule has 0 aliphatic carbocycles. The number of benzene rings is 2. The normalized spacial score (nSPS) is 10.9. The van der Waals surface area contributed by atoms with Crippen molar-refractivity contribution in [2.24, 2.45) is 0 Å². The van der Waals surface area contributed by atoms with Crippen LogP contribution in [0.25, 0.3) is 11.7 Å². The van der Waals surface area contributed by atoms with E-state index in [9.17, 15) is 9.59 Å². The number of anilines is 1. The van der Waals surface area contributed by atoms with Crippen molar-refractivity contribution in [1.29, 1.82) is 0 Å². The Morgan fingerprint density at radius 1 is 1.06 bits per heavy atom. The minimum Gasteiger partial charge on any atom is -0.497 e. The number of carbonyl (C=O) groups is 2. The lowest BCUT2D eigenvalue weighted by Gasteiger charge is -2.15. The van der Waals surface area contributed by atoms with E-state index in [1.54, 1.807) is 44.5 Å². The van der Waals surface area contributed by atoms with Crippen LogP contribution in [0.5, 0.6) is 11.5 Å². The van der Waals surface area contributed by atoms with Crippen LogP contribution in [-0.4, -0.2) is 46.8 Å². The quantitative estimate of drug-likeness (QED) is 0.373. The Morgan fingerprint density at radius 2 is 1.89 bits per heavy atom. The van der Waals surface area contributed by atoms with Gasteiger partial charge in [-0.3, -0.25) is 9.59 Å². The van der Waals surface area contributed by atoms with E-state index in [1.165, 1.54) is 11.0 Å². The maximum absolute atomic E-state index is 12.4. The average Bonchev–Trinajstić information content (AvgIpc) is 3.29. The van der Waals surface area contributed by atoms with Crippen molar-refractivity contribution in [3.8, 4) is 11.5 Å². The maximum atomic E-state index is 12.4. The second kappa shape index (κ2) is 11.0. The summed E-state index contributed by atoms with van der Waals surface area (Å²) in [6, 6.07) is 20.3. The summed E-state index contributed by atoms with van der Waals surface area (Å²) in [5, 5.41) is 2.76. The summed E-state index contributed by atoms with van der Waals surface area (Å²) in [7, 11) is 3.14. The Bertz CT molecular complexity index is 1310. The summed E-state index contributed by atoms with van der Waals surface area (Å²) in [6.45, 7) is 0.286. The highest BCUT2D eigenvalue weighted by atomic mass is 16.5. The van der Waals surface area contributed by atoms with Gasteiger partial charge in [0.25, 0.3) is 0 Å². The fraction of sp³-hybridized carbons (Fsp3) is 0.148. The van der Waals surface area contributed by atoms with Gasteiger partial charge in [0.05, 0.1) is 19.3 Å². The van der Waals surface area contributed by atoms with E-state index in [0.29, 0.717) is 23.8 Å². The molecule has 4 aromatic rings. The molecule has 0 saturated heterocycles. The highest BCUT2D eigenvalue weighted by Gasteiger charge is 2.11. The molecule has 0 unspecified atom stereocenters. The first-order valence-electron chi connectivity index (χ1n) is 11.0. The van der Waals surface area contributed by atoms with Gasteiger partial charge >= 0.3 is 0 Å². The topological polar surface area (TPSA) is 85.2 Å². The van der Waals surface area contributed by atoms with Crippen LogP contribution in [0.3, 0.4) is 0 Å². The van der Waals surface area contributed by atoms with Gasteiger partial charge in [-0.2, -0.15) is 0 Å². The van der Waals surface area contributed by atoms with Gasteiger partial charge in [-0.1, -0.05) is 24.3 Å². The third-order valence-electron chi connectivity index (χ3n) is 5.21. The summed E-state index contributed by atoms with van der Waals surface area (Å²) < 4.78 is 12.9. The zero-order valence-corrected chi connectivity index (χ0v) is 19.5. The second-order valence-electron chi connectivity index (χ2n) is 7.86. The van der Waals surface area contributed by atoms with Crippen LogP contribution >= 0.6 is 0 Å². The molecule has 8 nitrogen and oxygen atoms in total. The number of rotatable bonds is 9. The average molecular weight is 471 g/mol. The molecule has 35 heavy (non-hydrogen) atoms. The first kappa shape index (κ1) is 23.6. The van der Waals surface area contributed by atoms with E-state index < -0.39 is 0 Å². The molecule has 0 atom stereocenters. The molecule has 2 amide bonds. The van der Waals surface area contributed by atoms with E-state index in [4.69, 9.17) is 9.47 Å². The zero-order chi connectivity index (χ0) is 24.6. The Kier molecular flexibility index (Phi) is 7.42. The molecule has 0 saturated carbocycles. The molecule has 4 rings (SSSR count). The molecule has 2 aromatic heterocycles. The Labute approximate surface area is 203 Å². The third kappa shape index (κ3) is 6.48. The number of amides is 2. The maximum Gasteiger partial charge on any atom is 0.246 e. The highest BCUT2D eigenvalue weighted by molar-refractivity contribution is 5.98. The van der Waals surface area contributed by atoms with Gasteiger partial charge in [-0.15, -0.1) is 0 Å². The number of nitrogens with one attached hydrogen (secondary N) is 1. The molecular formula is C27H26N4O4. The van der Waals surface area contributed by atoms with Crippen LogP contribution < -0.4 is 14.8 Å². The molecule has 2 aromatic carbocycles. The van der Waals surface area contributed by atoms with Crippen LogP contribution in [0.4, 0.5) is 5.69 Å². The number of carbonyl (C=O) groups excluding carboxylic acids is 2. The van der Waals surface area contributed by atoms with Crippen LogP contribution in [0.15, 0.2) is 85.2 Å². The summed E-state index contributed by atoms with van der Waals surface area (Å²) in [6.07, 6.45) is 7.01. The van der Waals surface area contributed by atoms with Gasteiger partial charge in [-0.05, 0) is 48.0 Å². The highest BCUT2D eigenvalue weighted by Crippen LogP contribution is 2.17. The molecule has 0 fully saturated rings. The second-order valence-corrected chi connectivity index (χ2v) is 7.86. The lowest BCUT2D eigenvalue weighted by Crippen LogP contribution is -2.33. The van der Waals surface area contributed by atoms with Crippen LogP contribution in [-0.2, 0) is 16.2 Å². The van der Waals surface area contributed by atoms with Crippen molar-refractivity contribution >= 4 is 29.2 Å². The summed E-state index contributed by atoms with van der Waals surface area (Å²) in [5.74, 6) is 0.770. The summed E-state index contributed by atoms with van der Waals surface area (Å²) in [5.41, 5.74) is 3.16. The predicted octanol–water partition coefficient (Wildman–Crippen LogP) is 4.03. The number of fused-ring (bicyclic) bond motifs is 1. The number of pyridine rings is 1.